The molecule has 0 spiro atoms. The first-order valence-electron chi connectivity index (χ1n) is 14.1. The van der Waals surface area contributed by atoms with Crippen LogP contribution >= 0.6 is 0 Å². The lowest BCUT2D eigenvalue weighted by molar-refractivity contribution is -0.139. The Hall–Kier alpha value is -3.72. The van der Waals surface area contributed by atoms with Gasteiger partial charge >= 0.3 is 0 Å². The van der Waals surface area contributed by atoms with Crippen molar-refractivity contribution in [1.82, 2.24) is 10.2 Å². The quantitative estimate of drug-likeness (QED) is 0.344. The first-order valence-corrected chi connectivity index (χ1v) is 15.5. The molecular weight excluding hydrogens is 541 g/mol. The van der Waals surface area contributed by atoms with Crippen LogP contribution in [0.1, 0.15) is 55.7 Å². The van der Waals surface area contributed by atoms with E-state index >= 15 is 0 Å². The van der Waals surface area contributed by atoms with E-state index < -0.39 is 34.3 Å². The molecule has 2 amide bonds. The van der Waals surface area contributed by atoms with Gasteiger partial charge in [0.15, 0.2) is 0 Å². The second-order valence-corrected chi connectivity index (χ2v) is 12.6. The standard InChI is InChI=1S/C32H38FN3O4S/c1-23-14-19-30(24(2)20-23)36(41(39,40)29-12-8-5-9-13-29)22-31(37)35(21-26-15-17-27(33)18-16-26)25(3)32(38)34-28-10-6-4-7-11-28/h5,8-9,12-20,25,28H,4,6-7,10-11,21-22H2,1-3H3,(H,34,38)/t25-/m1/s1. The summed E-state index contributed by atoms with van der Waals surface area (Å²) in [7, 11) is -4.13. The van der Waals surface area contributed by atoms with Gasteiger partial charge in [-0.15, -0.1) is 0 Å². The van der Waals surface area contributed by atoms with Crippen molar-refractivity contribution in [1.29, 1.82) is 0 Å². The first kappa shape index (κ1) is 30.2. The van der Waals surface area contributed by atoms with E-state index in [1.807, 2.05) is 13.0 Å². The van der Waals surface area contributed by atoms with E-state index in [1.54, 1.807) is 56.3 Å². The fraction of sp³-hybridized carbons (Fsp3) is 0.375. The van der Waals surface area contributed by atoms with E-state index in [-0.39, 0.29) is 23.4 Å². The van der Waals surface area contributed by atoms with E-state index in [9.17, 15) is 22.4 Å². The van der Waals surface area contributed by atoms with Crippen molar-refractivity contribution in [3.05, 3.63) is 95.3 Å². The molecule has 218 valence electrons. The summed E-state index contributed by atoms with van der Waals surface area (Å²) in [4.78, 5) is 28.9. The summed E-state index contributed by atoms with van der Waals surface area (Å²) < 4.78 is 42.6. The number of amides is 2. The highest BCUT2D eigenvalue weighted by molar-refractivity contribution is 7.92. The fourth-order valence-electron chi connectivity index (χ4n) is 5.26. The Balaban J connectivity index is 1.69. The number of sulfonamides is 1. The van der Waals surface area contributed by atoms with Gasteiger partial charge < -0.3 is 10.2 Å². The van der Waals surface area contributed by atoms with Crippen LogP contribution < -0.4 is 9.62 Å². The number of halogens is 1. The highest BCUT2D eigenvalue weighted by Crippen LogP contribution is 2.28. The van der Waals surface area contributed by atoms with Gasteiger partial charge in [-0.3, -0.25) is 13.9 Å². The van der Waals surface area contributed by atoms with Crippen LogP contribution in [0, 0.1) is 19.7 Å². The van der Waals surface area contributed by atoms with E-state index in [4.69, 9.17) is 0 Å². The second-order valence-electron chi connectivity index (χ2n) is 10.8. The number of rotatable bonds is 10. The molecule has 0 saturated heterocycles. The van der Waals surface area contributed by atoms with Gasteiger partial charge in [0, 0.05) is 12.6 Å². The Morgan fingerprint density at radius 2 is 1.61 bits per heavy atom. The molecule has 1 aliphatic carbocycles. The highest BCUT2D eigenvalue weighted by Gasteiger charge is 2.33. The van der Waals surface area contributed by atoms with E-state index in [0.29, 0.717) is 16.8 Å². The number of carbonyl (C=O) groups is 2. The summed E-state index contributed by atoms with van der Waals surface area (Å²) in [6.45, 7) is 4.87. The molecule has 3 aromatic carbocycles. The third kappa shape index (κ3) is 7.52. The van der Waals surface area contributed by atoms with Crippen LogP contribution in [0.4, 0.5) is 10.1 Å². The molecule has 7 nitrogen and oxygen atoms in total. The Labute approximate surface area is 242 Å². The van der Waals surface area contributed by atoms with Crippen molar-refractivity contribution < 1.29 is 22.4 Å². The first-order chi connectivity index (χ1) is 19.6. The topological polar surface area (TPSA) is 86.8 Å². The van der Waals surface area contributed by atoms with Crippen molar-refractivity contribution in [3.8, 4) is 0 Å². The van der Waals surface area contributed by atoms with E-state index in [0.717, 1.165) is 42.0 Å². The monoisotopic (exact) mass is 579 g/mol. The average Bonchev–Trinajstić information content (AvgIpc) is 2.96. The molecule has 1 atom stereocenters. The number of benzene rings is 3. The van der Waals surface area contributed by atoms with Crippen molar-refractivity contribution in [2.75, 3.05) is 10.8 Å². The zero-order valence-electron chi connectivity index (χ0n) is 23.8. The maximum Gasteiger partial charge on any atom is 0.264 e. The Morgan fingerprint density at radius 3 is 2.24 bits per heavy atom. The molecule has 41 heavy (non-hydrogen) atoms. The third-order valence-electron chi connectivity index (χ3n) is 7.62. The lowest BCUT2D eigenvalue weighted by Gasteiger charge is -2.33. The third-order valence-corrected chi connectivity index (χ3v) is 9.39. The van der Waals surface area contributed by atoms with E-state index in [1.165, 1.54) is 29.2 Å². The number of hydrogen-bond acceptors (Lipinski definition) is 4. The van der Waals surface area contributed by atoms with Gasteiger partial charge in [-0.25, -0.2) is 12.8 Å². The Morgan fingerprint density at radius 1 is 0.951 bits per heavy atom. The van der Waals surface area contributed by atoms with Crippen LogP contribution in [0.2, 0.25) is 0 Å². The molecule has 1 fully saturated rings. The Kier molecular flexibility index (Phi) is 9.81. The molecule has 0 bridgehead atoms. The predicted molar refractivity (Wildman–Crippen MR) is 158 cm³/mol. The van der Waals surface area contributed by atoms with Crippen LogP contribution in [-0.4, -0.2) is 43.8 Å². The highest BCUT2D eigenvalue weighted by atomic mass is 32.2. The lowest BCUT2D eigenvalue weighted by Crippen LogP contribution is -2.53. The van der Waals surface area contributed by atoms with E-state index in [2.05, 4.69) is 5.32 Å². The molecular formula is C32H38FN3O4S. The second kappa shape index (κ2) is 13.3. The zero-order chi connectivity index (χ0) is 29.6. The van der Waals surface area contributed by atoms with Gasteiger partial charge in [-0.05, 0) is 75.1 Å². The van der Waals surface area contributed by atoms with Crippen molar-refractivity contribution in [3.63, 3.8) is 0 Å². The van der Waals surface area contributed by atoms with Gasteiger partial charge in [0.2, 0.25) is 11.8 Å². The summed E-state index contributed by atoms with van der Waals surface area (Å²) in [5, 5.41) is 3.08. The SMILES string of the molecule is Cc1ccc(N(CC(=O)N(Cc2ccc(F)cc2)[C@H](C)C(=O)NC2CCCCC2)S(=O)(=O)c2ccccc2)c(C)c1. The van der Waals surface area contributed by atoms with Crippen molar-refractivity contribution >= 4 is 27.5 Å². The van der Waals surface area contributed by atoms with Gasteiger partial charge in [0.25, 0.3) is 10.0 Å². The van der Waals surface area contributed by atoms with Gasteiger partial charge in [-0.1, -0.05) is 67.3 Å². The molecule has 0 heterocycles. The number of anilines is 1. The largest absolute Gasteiger partial charge is 0.352 e. The minimum atomic E-state index is -4.13. The van der Waals surface area contributed by atoms with Crippen molar-refractivity contribution in [2.24, 2.45) is 0 Å². The van der Waals surface area contributed by atoms with Crippen LogP contribution in [0.5, 0.6) is 0 Å². The molecule has 0 radical (unpaired) electrons. The summed E-state index contributed by atoms with van der Waals surface area (Å²) in [5.41, 5.74) is 2.67. The summed E-state index contributed by atoms with van der Waals surface area (Å²) in [6, 6.07) is 18.2. The normalized spacial score (nSPS) is 14.7. The van der Waals surface area contributed by atoms with Gasteiger partial charge in [0.1, 0.15) is 18.4 Å². The molecule has 1 aliphatic rings. The van der Waals surface area contributed by atoms with Crippen LogP contribution in [0.15, 0.2) is 77.7 Å². The van der Waals surface area contributed by atoms with Gasteiger partial charge in [-0.2, -0.15) is 0 Å². The number of aryl methyl sites for hydroxylation is 2. The smallest absolute Gasteiger partial charge is 0.264 e. The zero-order valence-corrected chi connectivity index (χ0v) is 24.7. The summed E-state index contributed by atoms with van der Waals surface area (Å²) >= 11 is 0. The molecule has 9 heteroatoms. The molecule has 0 aliphatic heterocycles. The number of hydrogen-bond donors (Lipinski definition) is 1. The van der Waals surface area contributed by atoms with Crippen LogP contribution in [0.3, 0.4) is 0 Å². The molecule has 0 unspecified atom stereocenters. The summed E-state index contributed by atoms with van der Waals surface area (Å²) in [6.07, 6.45) is 5.00. The number of nitrogens with zero attached hydrogens (tertiary/aromatic N) is 2. The summed E-state index contributed by atoms with van der Waals surface area (Å²) in [5.74, 6) is -1.25. The molecule has 1 N–H and O–H groups in total. The van der Waals surface area contributed by atoms with Crippen LogP contribution in [0.25, 0.3) is 0 Å². The van der Waals surface area contributed by atoms with Crippen molar-refractivity contribution in [2.45, 2.75) is 76.4 Å². The fourth-order valence-corrected chi connectivity index (χ4v) is 6.76. The molecule has 3 aromatic rings. The van der Waals surface area contributed by atoms with Gasteiger partial charge in [0.05, 0.1) is 10.6 Å². The molecule has 0 aromatic heterocycles. The van der Waals surface area contributed by atoms with Crippen LogP contribution in [-0.2, 0) is 26.2 Å². The minimum absolute atomic E-state index is 0.0183. The molecule has 4 rings (SSSR count). The maximum atomic E-state index is 14.1. The average molecular weight is 580 g/mol. The maximum absolute atomic E-state index is 14.1. The number of nitrogens with one attached hydrogen (secondary N) is 1. The predicted octanol–water partition coefficient (Wildman–Crippen LogP) is 5.50. The minimum Gasteiger partial charge on any atom is -0.352 e. The lowest BCUT2D eigenvalue weighted by atomic mass is 9.95. The number of carbonyl (C=O) groups excluding carboxylic acids is 2. The Bertz CT molecular complexity index is 1460. The molecule has 1 saturated carbocycles.